The minimum absolute atomic E-state index is 0.424. The molecule has 0 aliphatic rings. The number of hydrogen-bond acceptors (Lipinski definition) is 3. The number of benzene rings is 1. The summed E-state index contributed by atoms with van der Waals surface area (Å²) in [6.07, 6.45) is 1.56. The van der Waals surface area contributed by atoms with E-state index in [1.165, 1.54) is 5.56 Å². The highest BCUT2D eigenvalue weighted by molar-refractivity contribution is 5.35. The summed E-state index contributed by atoms with van der Waals surface area (Å²) in [6.45, 7) is 1.29. The fraction of sp³-hybridized carbons (Fsp3) is 0.364. The quantitative estimate of drug-likeness (QED) is 0.533. The molecule has 0 bridgehead atoms. The maximum absolute atomic E-state index is 10.0. The Morgan fingerprint density at radius 1 is 1.29 bits per heavy atom. The van der Waals surface area contributed by atoms with Gasteiger partial charge in [0.15, 0.2) is 0 Å². The van der Waals surface area contributed by atoms with Crippen molar-refractivity contribution in [2.24, 2.45) is 4.99 Å². The molecular formula is C11H14N2O. The molecule has 0 spiro atoms. The summed E-state index contributed by atoms with van der Waals surface area (Å²) in [6, 6.07) is 7.98. The average Bonchev–Trinajstić information content (AvgIpc) is 2.16. The summed E-state index contributed by atoms with van der Waals surface area (Å²) in [5, 5.41) is 0. The molecule has 14 heavy (non-hydrogen) atoms. The second-order valence-corrected chi connectivity index (χ2v) is 3.41. The molecule has 0 aliphatic heterocycles. The molecule has 1 aromatic carbocycles. The molecule has 0 saturated carbocycles. The van der Waals surface area contributed by atoms with Crippen molar-refractivity contribution in [2.75, 3.05) is 14.1 Å². The lowest BCUT2D eigenvalue weighted by Gasteiger charge is -2.12. The van der Waals surface area contributed by atoms with E-state index in [1.54, 1.807) is 6.08 Å². The topological polar surface area (TPSA) is 32.7 Å². The third-order valence-corrected chi connectivity index (χ3v) is 1.92. The summed E-state index contributed by atoms with van der Waals surface area (Å²) < 4.78 is 0. The second-order valence-electron chi connectivity index (χ2n) is 3.41. The molecule has 0 saturated heterocycles. The molecule has 3 nitrogen and oxygen atoms in total. The third kappa shape index (κ3) is 3.13. The van der Waals surface area contributed by atoms with Crippen molar-refractivity contribution in [3.63, 3.8) is 0 Å². The standard InChI is InChI=1S/C11H14N2O/c1-13(2)8-11-6-4-3-5-10(11)7-12-9-14/h3-6H,7-8H2,1-2H3. The van der Waals surface area contributed by atoms with Gasteiger partial charge in [-0.05, 0) is 25.2 Å². The van der Waals surface area contributed by atoms with E-state index >= 15 is 0 Å². The van der Waals surface area contributed by atoms with E-state index in [0.29, 0.717) is 6.54 Å². The van der Waals surface area contributed by atoms with Gasteiger partial charge in [-0.15, -0.1) is 0 Å². The molecule has 0 radical (unpaired) electrons. The highest BCUT2D eigenvalue weighted by Gasteiger charge is 2.01. The van der Waals surface area contributed by atoms with Gasteiger partial charge in [-0.3, -0.25) is 0 Å². The zero-order valence-corrected chi connectivity index (χ0v) is 8.53. The van der Waals surface area contributed by atoms with Gasteiger partial charge in [0.05, 0.1) is 6.54 Å². The van der Waals surface area contributed by atoms with Crippen LogP contribution in [0.3, 0.4) is 0 Å². The Balaban J connectivity index is 2.84. The van der Waals surface area contributed by atoms with Gasteiger partial charge in [0.1, 0.15) is 0 Å². The number of rotatable bonds is 4. The van der Waals surface area contributed by atoms with Crippen LogP contribution in [-0.4, -0.2) is 25.1 Å². The largest absolute Gasteiger partial charge is 0.305 e. The maximum Gasteiger partial charge on any atom is 0.235 e. The molecule has 74 valence electrons. The van der Waals surface area contributed by atoms with Gasteiger partial charge < -0.3 is 4.90 Å². The van der Waals surface area contributed by atoms with Crippen LogP contribution in [0.15, 0.2) is 29.3 Å². The first-order valence-electron chi connectivity index (χ1n) is 4.49. The predicted octanol–water partition coefficient (Wildman–Crippen LogP) is 1.58. The third-order valence-electron chi connectivity index (χ3n) is 1.92. The fourth-order valence-electron chi connectivity index (χ4n) is 1.32. The van der Waals surface area contributed by atoms with Gasteiger partial charge in [0.25, 0.3) is 0 Å². The van der Waals surface area contributed by atoms with E-state index in [2.05, 4.69) is 16.0 Å². The lowest BCUT2D eigenvalue weighted by atomic mass is 10.1. The molecule has 0 unspecified atom stereocenters. The number of nitrogens with zero attached hydrogens (tertiary/aromatic N) is 2. The molecule has 0 atom stereocenters. The summed E-state index contributed by atoms with van der Waals surface area (Å²) in [5.41, 5.74) is 2.29. The van der Waals surface area contributed by atoms with E-state index in [9.17, 15) is 4.79 Å². The van der Waals surface area contributed by atoms with Crippen LogP contribution in [0.4, 0.5) is 0 Å². The van der Waals surface area contributed by atoms with Crippen molar-refractivity contribution in [3.8, 4) is 0 Å². The van der Waals surface area contributed by atoms with Crippen molar-refractivity contribution in [3.05, 3.63) is 35.4 Å². The Hall–Kier alpha value is -1.44. The van der Waals surface area contributed by atoms with Crippen molar-refractivity contribution in [2.45, 2.75) is 13.1 Å². The summed E-state index contributed by atoms with van der Waals surface area (Å²) in [7, 11) is 4.03. The summed E-state index contributed by atoms with van der Waals surface area (Å²) in [4.78, 5) is 15.7. The zero-order valence-electron chi connectivity index (χ0n) is 8.53. The highest BCUT2D eigenvalue weighted by Crippen LogP contribution is 2.11. The second kappa shape index (κ2) is 5.32. The molecule has 0 aliphatic carbocycles. The van der Waals surface area contributed by atoms with E-state index < -0.39 is 0 Å². The maximum atomic E-state index is 10.0. The monoisotopic (exact) mass is 190 g/mol. The summed E-state index contributed by atoms with van der Waals surface area (Å²) in [5.74, 6) is 0. The van der Waals surface area contributed by atoms with E-state index in [0.717, 1.165) is 12.1 Å². The lowest BCUT2D eigenvalue weighted by molar-refractivity contribution is 0.401. The van der Waals surface area contributed by atoms with E-state index in [-0.39, 0.29) is 0 Å². The predicted molar refractivity (Wildman–Crippen MR) is 55.7 cm³/mol. The normalized spacial score (nSPS) is 9.93. The Labute approximate surface area is 84.1 Å². The first-order valence-corrected chi connectivity index (χ1v) is 4.49. The first kappa shape index (κ1) is 10.6. The van der Waals surface area contributed by atoms with Crippen LogP contribution in [-0.2, 0) is 17.9 Å². The Morgan fingerprint density at radius 2 is 1.93 bits per heavy atom. The molecule has 3 heteroatoms. The molecule has 0 fully saturated rings. The molecule has 0 N–H and O–H groups in total. The van der Waals surface area contributed by atoms with Gasteiger partial charge in [-0.2, -0.15) is 0 Å². The Kier molecular flexibility index (Phi) is 4.05. The van der Waals surface area contributed by atoms with Crippen LogP contribution in [0.2, 0.25) is 0 Å². The van der Waals surface area contributed by atoms with E-state index in [1.807, 2.05) is 32.3 Å². The minimum atomic E-state index is 0.424. The van der Waals surface area contributed by atoms with Crippen molar-refractivity contribution in [1.82, 2.24) is 4.90 Å². The van der Waals surface area contributed by atoms with Crippen LogP contribution in [0.1, 0.15) is 11.1 Å². The SMILES string of the molecule is CN(C)Cc1ccccc1CN=C=O. The number of carbonyl (C=O) groups excluding carboxylic acids is 1. The van der Waals surface area contributed by atoms with Crippen LogP contribution >= 0.6 is 0 Å². The van der Waals surface area contributed by atoms with Crippen LogP contribution in [0, 0.1) is 0 Å². The van der Waals surface area contributed by atoms with Crippen molar-refractivity contribution >= 4 is 6.08 Å². The number of hydrogen-bond donors (Lipinski definition) is 0. The van der Waals surface area contributed by atoms with Crippen LogP contribution < -0.4 is 0 Å². The molecule has 0 amide bonds. The molecular weight excluding hydrogens is 176 g/mol. The van der Waals surface area contributed by atoms with Crippen LogP contribution in [0.5, 0.6) is 0 Å². The number of aliphatic imine (C=N–C) groups is 1. The molecule has 1 aromatic rings. The molecule has 0 aromatic heterocycles. The molecule has 1 rings (SSSR count). The van der Waals surface area contributed by atoms with Gasteiger partial charge in [0.2, 0.25) is 6.08 Å². The Morgan fingerprint density at radius 3 is 2.50 bits per heavy atom. The smallest absolute Gasteiger partial charge is 0.235 e. The molecule has 0 heterocycles. The Bertz CT molecular complexity index is 341. The van der Waals surface area contributed by atoms with Crippen LogP contribution in [0.25, 0.3) is 0 Å². The van der Waals surface area contributed by atoms with Gasteiger partial charge in [-0.1, -0.05) is 24.3 Å². The number of isocyanates is 1. The fourth-order valence-corrected chi connectivity index (χ4v) is 1.32. The average molecular weight is 190 g/mol. The van der Waals surface area contributed by atoms with Gasteiger partial charge in [0, 0.05) is 6.54 Å². The van der Waals surface area contributed by atoms with Gasteiger partial charge >= 0.3 is 0 Å². The van der Waals surface area contributed by atoms with Crippen molar-refractivity contribution in [1.29, 1.82) is 0 Å². The zero-order chi connectivity index (χ0) is 10.4. The van der Waals surface area contributed by atoms with Gasteiger partial charge in [-0.25, -0.2) is 9.79 Å². The van der Waals surface area contributed by atoms with Crippen molar-refractivity contribution < 1.29 is 4.79 Å². The lowest BCUT2D eigenvalue weighted by Crippen LogP contribution is -2.12. The summed E-state index contributed by atoms with van der Waals surface area (Å²) >= 11 is 0. The van der Waals surface area contributed by atoms with E-state index in [4.69, 9.17) is 0 Å². The minimum Gasteiger partial charge on any atom is -0.305 e. The first-order chi connectivity index (χ1) is 6.74. The highest BCUT2D eigenvalue weighted by atomic mass is 16.1.